The Morgan fingerprint density at radius 3 is 2.64 bits per heavy atom. The molecule has 0 bridgehead atoms. The molecule has 0 amide bonds. The van der Waals surface area contributed by atoms with Gasteiger partial charge in [0.05, 0.1) is 0 Å². The van der Waals surface area contributed by atoms with E-state index in [1.807, 2.05) is 0 Å². The fraction of sp³-hybridized carbons (Fsp3) is 1.00. The van der Waals surface area contributed by atoms with E-state index in [9.17, 15) is 0 Å². The van der Waals surface area contributed by atoms with E-state index in [4.69, 9.17) is 5.73 Å². The normalized spacial score (nSPS) is 29.8. The van der Waals surface area contributed by atoms with Gasteiger partial charge in [0, 0.05) is 18.6 Å². The highest BCUT2D eigenvalue weighted by molar-refractivity contribution is 4.80. The number of hydrogen-bond donors (Lipinski definition) is 1. The molecular weight excluding hydrogens is 172 g/mol. The van der Waals surface area contributed by atoms with Crippen LogP contribution in [0.3, 0.4) is 0 Å². The van der Waals surface area contributed by atoms with Gasteiger partial charge in [-0.1, -0.05) is 13.3 Å². The van der Waals surface area contributed by atoms with Crippen LogP contribution in [0.2, 0.25) is 0 Å². The summed E-state index contributed by atoms with van der Waals surface area (Å²) >= 11 is 0. The first-order chi connectivity index (χ1) is 6.63. The molecule has 0 aromatic carbocycles. The average Bonchev–Trinajstić information content (AvgIpc) is 2.51. The van der Waals surface area contributed by atoms with Gasteiger partial charge in [0.1, 0.15) is 0 Å². The molecule has 0 saturated heterocycles. The molecule has 3 atom stereocenters. The zero-order chi connectivity index (χ0) is 10.6. The van der Waals surface area contributed by atoms with E-state index in [0.717, 1.165) is 12.0 Å². The molecule has 2 nitrogen and oxygen atoms in total. The summed E-state index contributed by atoms with van der Waals surface area (Å²) in [4.78, 5) is 2.51. The summed E-state index contributed by atoms with van der Waals surface area (Å²) in [6.07, 6.45) is 6.42. The highest BCUT2D eigenvalue weighted by Crippen LogP contribution is 2.25. The number of nitrogens with two attached hydrogens (primary N) is 1. The monoisotopic (exact) mass is 198 g/mol. The molecule has 1 saturated carbocycles. The van der Waals surface area contributed by atoms with Gasteiger partial charge in [-0.25, -0.2) is 0 Å². The van der Waals surface area contributed by atoms with Gasteiger partial charge in [-0.15, -0.1) is 0 Å². The fourth-order valence-corrected chi connectivity index (χ4v) is 2.50. The maximum atomic E-state index is 5.92. The molecule has 1 rings (SSSR count). The minimum absolute atomic E-state index is 0.481. The fourth-order valence-electron chi connectivity index (χ4n) is 2.50. The van der Waals surface area contributed by atoms with Gasteiger partial charge in [0.25, 0.3) is 0 Å². The Morgan fingerprint density at radius 1 is 1.43 bits per heavy atom. The van der Waals surface area contributed by atoms with Crippen LogP contribution in [0.5, 0.6) is 0 Å². The van der Waals surface area contributed by atoms with Crippen molar-refractivity contribution in [1.29, 1.82) is 0 Å². The van der Waals surface area contributed by atoms with Crippen molar-refractivity contribution in [2.75, 3.05) is 13.6 Å². The quantitative estimate of drug-likeness (QED) is 0.734. The van der Waals surface area contributed by atoms with Crippen LogP contribution in [0.15, 0.2) is 0 Å². The summed E-state index contributed by atoms with van der Waals surface area (Å²) in [5.41, 5.74) is 5.92. The lowest BCUT2D eigenvalue weighted by molar-refractivity contribution is 0.208. The van der Waals surface area contributed by atoms with Crippen molar-refractivity contribution in [3.63, 3.8) is 0 Å². The summed E-state index contributed by atoms with van der Waals surface area (Å²) in [6, 6.07) is 1.21. The third kappa shape index (κ3) is 3.58. The van der Waals surface area contributed by atoms with Crippen LogP contribution in [-0.2, 0) is 0 Å². The van der Waals surface area contributed by atoms with E-state index in [1.54, 1.807) is 0 Å². The van der Waals surface area contributed by atoms with Crippen LogP contribution in [-0.4, -0.2) is 30.6 Å². The highest BCUT2D eigenvalue weighted by atomic mass is 15.1. The van der Waals surface area contributed by atoms with Crippen LogP contribution < -0.4 is 5.73 Å². The maximum absolute atomic E-state index is 5.92. The minimum Gasteiger partial charge on any atom is -0.328 e. The van der Waals surface area contributed by atoms with E-state index < -0.39 is 0 Å². The molecular formula is C12H26N2. The number of hydrogen-bond acceptors (Lipinski definition) is 2. The predicted octanol–water partition coefficient (Wildman–Crippen LogP) is 2.23. The Bertz CT molecular complexity index is 158. The molecule has 1 aliphatic carbocycles. The van der Waals surface area contributed by atoms with Gasteiger partial charge < -0.3 is 10.6 Å². The third-order valence-electron chi connectivity index (χ3n) is 3.59. The SMILES string of the molecule is CCCC(C)N(C)CC1CCC(N)C1. The number of rotatable bonds is 5. The highest BCUT2D eigenvalue weighted by Gasteiger charge is 2.23. The number of nitrogens with zero attached hydrogens (tertiary/aromatic N) is 1. The lowest BCUT2D eigenvalue weighted by Crippen LogP contribution is -2.33. The molecule has 0 aromatic heterocycles. The van der Waals surface area contributed by atoms with Gasteiger partial charge in [-0.05, 0) is 45.6 Å². The molecule has 2 heteroatoms. The van der Waals surface area contributed by atoms with Gasteiger partial charge in [-0.3, -0.25) is 0 Å². The second kappa shape index (κ2) is 5.72. The molecule has 1 aliphatic rings. The molecule has 0 heterocycles. The van der Waals surface area contributed by atoms with Crippen molar-refractivity contribution in [1.82, 2.24) is 4.90 Å². The van der Waals surface area contributed by atoms with E-state index >= 15 is 0 Å². The van der Waals surface area contributed by atoms with Crippen LogP contribution in [0.25, 0.3) is 0 Å². The van der Waals surface area contributed by atoms with Crippen LogP contribution in [0.1, 0.15) is 46.0 Å². The first-order valence-corrected chi connectivity index (χ1v) is 6.09. The Labute approximate surface area is 88.8 Å². The zero-order valence-corrected chi connectivity index (χ0v) is 10.00. The smallest absolute Gasteiger partial charge is 0.00638 e. The molecule has 84 valence electrons. The third-order valence-corrected chi connectivity index (χ3v) is 3.59. The van der Waals surface area contributed by atoms with Crippen molar-refractivity contribution in [3.05, 3.63) is 0 Å². The van der Waals surface area contributed by atoms with Crippen molar-refractivity contribution in [2.24, 2.45) is 11.7 Å². The van der Waals surface area contributed by atoms with Gasteiger partial charge >= 0.3 is 0 Å². The van der Waals surface area contributed by atoms with Crippen molar-refractivity contribution >= 4 is 0 Å². The Morgan fingerprint density at radius 2 is 2.14 bits per heavy atom. The summed E-state index contributed by atoms with van der Waals surface area (Å²) in [6.45, 7) is 5.84. The Hall–Kier alpha value is -0.0800. The van der Waals surface area contributed by atoms with Crippen LogP contribution in [0.4, 0.5) is 0 Å². The lowest BCUT2D eigenvalue weighted by Gasteiger charge is -2.27. The molecule has 0 radical (unpaired) electrons. The van der Waals surface area contributed by atoms with Crippen molar-refractivity contribution in [2.45, 2.75) is 58.0 Å². The molecule has 2 N–H and O–H groups in total. The largest absolute Gasteiger partial charge is 0.328 e. The second-order valence-electron chi connectivity index (χ2n) is 5.02. The van der Waals surface area contributed by atoms with E-state index in [-0.39, 0.29) is 0 Å². The van der Waals surface area contributed by atoms with E-state index in [1.165, 1.54) is 38.6 Å². The summed E-state index contributed by atoms with van der Waals surface area (Å²) in [7, 11) is 2.25. The molecule has 14 heavy (non-hydrogen) atoms. The summed E-state index contributed by atoms with van der Waals surface area (Å²) in [5, 5.41) is 0. The van der Waals surface area contributed by atoms with Gasteiger partial charge in [0.15, 0.2) is 0 Å². The Kier molecular flexibility index (Phi) is 4.90. The van der Waals surface area contributed by atoms with Crippen molar-refractivity contribution < 1.29 is 0 Å². The first kappa shape index (κ1) is 12.0. The van der Waals surface area contributed by atoms with E-state index in [0.29, 0.717) is 6.04 Å². The summed E-state index contributed by atoms with van der Waals surface area (Å²) in [5.74, 6) is 0.856. The molecule has 0 aliphatic heterocycles. The van der Waals surface area contributed by atoms with Gasteiger partial charge in [0.2, 0.25) is 0 Å². The standard InChI is InChI=1S/C12H26N2/c1-4-5-10(2)14(3)9-11-6-7-12(13)8-11/h10-12H,4-9,13H2,1-3H3. The molecule has 0 spiro atoms. The average molecular weight is 198 g/mol. The minimum atomic E-state index is 0.481. The maximum Gasteiger partial charge on any atom is 0.00638 e. The summed E-state index contributed by atoms with van der Waals surface area (Å²) < 4.78 is 0. The van der Waals surface area contributed by atoms with E-state index in [2.05, 4.69) is 25.8 Å². The Balaban J connectivity index is 2.22. The molecule has 0 aromatic rings. The first-order valence-electron chi connectivity index (χ1n) is 6.09. The van der Waals surface area contributed by atoms with Crippen LogP contribution >= 0.6 is 0 Å². The van der Waals surface area contributed by atoms with Crippen molar-refractivity contribution in [3.8, 4) is 0 Å². The zero-order valence-electron chi connectivity index (χ0n) is 10.00. The van der Waals surface area contributed by atoms with Crippen LogP contribution in [0, 0.1) is 5.92 Å². The second-order valence-corrected chi connectivity index (χ2v) is 5.02. The predicted molar refractivity (Wildman–Crippen MR) is 62.3 cm³/mol. The molecule has 3 unspecified atom stereocenters. The topological polar surface area (TPSA) is 29.3 Å². The molecule has 1 fully saturated rings. The van der Waals surface area contributed by atoms with Gasteiger partial charge in [-0.2, -0.15) is 0 Å². The lowest BCUT2D eigenvalue weighted by atomic mass is 10.1.